The molecule has 0 saturated carbocycles. The molecule has 0 bridgehead atoms. The summed E-state index contributed by atoms with van der Waals surface area (Å²) in [7, 11) is 0. The Morgan fingerprint density at radius 2 is 1.63 bits per heavy atom. The van der Waals surface area contributed by atoms with E-state index in [1.807, 2.05) is 6.07 Å². The van der Waals surface area contributed by atoms with Gasteiger partial charge in [-0.2, -0.15) is 0 Å². The van der Waals surface area contributed by atoms with Crippen LogP contribution < -0.4 is 9.47 Å². The molecule has 4 heteroatoms. The second-order valence-electron chi connectivity index (χ2n) is 5.38. The number of rotatable bonds is 3. The standard InChI is InChI=1S/C15H20Br2O2/c1-9(2)10(3)15(17)11-7-13-14(8-12(11)16)19-6-4-5-18-13/h7-10,15H,4-6H2,1-3H3. The van der Waals surface area contributed by atoms with Crippen LogP contribution in [-0.2, 0) is 0 Å². The van der Waals surface area contributed by atoms with Gasteiger partial charge in [0.05, 0.1) is 13.2 Å². The van der Waals surface area contributed by atoms with Crippen LogP contribution in [0.5, 0.6) is 11.5 Å². The van der Waals surface area contributed by atoms with Crippen LogP contribution in [0, 0.1) is 11.8 Å². The SMILES string of the molecule is CC(C)C(C)C(Br)c1cc2c(cc1Br)OCCCO2. The lowest BCUT2D eigenvalue weighted by Gasteiger charge is -2.24. The van der Waals surface area contributed by atoms with Gasteiger partial charge in [-0.25, -0.2) is 0 Å². The normalized spacial score (nSPS) is 18.0. The van der Waals surface area contributed by atoms with E-state index in [0.717, 1.165) is 35.6 Å². The third kappa shape index (κ3) is 3.46. The predicted molar refractivity (Wildman–Crippen MR) is 85.4 cm³/mol. The Balaban J connectivity index is 2.33. The summed E-state index contributed by atoms with van der Waals surface area (Å²) in [6.07, 6.45) is 0.932. The van der Waals surface area contributed by atoms with Crippen molar-refractivity contribution in [3.05, 3.63) is 22.2 Å². The molecule has 1 aromatic carbocycles. The van der Waals surface area contributed by atoms with Gasteiger partial charge in [0.2, 0.25) is 0 Å². The van der Waals surface area contributed by atoms with Crippen molar-refractivity contribution < 1.29 is 9.47 Å². The molecule has 0 amide bonds. The molecular formula is C15H20Br2O2. The zero-order valence-corrected chi connectivity index (χ0v) is 14.8. The van der Waals surface area contributed by atoms with E-state index < -0.39 is 0 Å². The van der Waals surface area contributed by atoms with Gasteiger partial charge in [0.1, 0.15) is 0 Å². The minimum absolute atomic E-state index is 0.305. The van der Waals surface area contributed by atoms with Crippen LogP contribution in [0.4, 0.5) is 0 Å². The molecule has 0 fully saturated rings. The molecule has 106 valence electrons. The van der Waals surface area contributed by atoms with Gasteiger partial charge in [-0.1, -0.05) is 52.6 Å². The van der Waals surface area contributed by atoms with Gasteiger partial charge in [0.25, 0.3) is 0 Å². The first kappa shape index (κ1) is 15.2. The highest BCUT2D eigenvalue weighted by Crippen LogP contribution is 2.43. The van der Waals surface area contributed by atoms with E-state index in [0.29, 0.717) is 16.7 Å². The maximum absolute atomic E-state index is 5.77. The maximum atomic E-state index is 5.77. The number of alkyl halides is 1. The molecule has 2 rings (SSSR count). The molecular weight excluding hydrogens is 372 g/mol. The highest BCUT2D eigenvalue weighted by Gasteiger charge is 2.24. The molecule has 2 unspecified atom stereocenters. The lowest BCUT2D eigenvalue weighted by molar-refractivity contribution is 0.297. The van der Waals surface area contributed by atoms with Crippen molar-refractivity contribution in [1.82, 2.24) is 0 Å². The fraction of sp³-hybridized carbons (Fsp3) is 0.600. The van der Waals surface area contributed by atoms with Crippen molar-refractivity contribution in [2.45, 2.75) is 32.0 Å². The molecule has 0 aliphatic carbocycles. The molecule has 19 heavy (non-hydrogen) atoms. The molecule has 1 aromatic rings. The first-order chi connectivity index (χ1) is 9.00. The lowest BCUT2D eigenvalue weighted by Crippen LogP contribution is -2.11. The zero-order chi connectivity index (χ0) is 14.0. The third-order valence-corrected chi connectivity index (χ3v) is 5.69. The number of halogens is 2. The Kier molecular flexibility index (Phi) is 5.18. The molecule has 1 aliphatic rings. The maximum Gasteiger partial charge on any atom is 0.162 e. The second kappa shape index (κ2) is 6.49. The first-order valence-corrected chi connectivity index (χ1v) is 8.44. The number of fused-ring (bicyclic) bond motifs is 1. The van der Waals surface area contributed by atoms with E-state index in [1.54, 1.807) is 0 Å². The molecule has 2 atom stereocenters. The van der Waals surface area contributed by atoms with Gasteiger partial charge in [-0.3, -0.25) is 0 Å². The summed E-state index contributed by atoms with van der Waals surface area (Å²) in [5, 5.41) is 0. The van der Waals surface area contributed by atoms with Crippen molar-refractivity contribution in [3.8, 4) is 11.5 Å². The number of hydrogen-bond acceptors (Lipinski definition) is 2. The molecule has 0 radical (unpaired) electrons. The van der Waals surface area contributed by atoms with Gasteiger partial charge >= 0.3 is 0 Å². The highest BCUT2D eigenvalue weighted by atomic mass is 79.9. The van der Waals surface area contributed by atoms with Crippen LogP contribution in [0.1, 0.15) is 37.6 Å². The van der Waals surface area contributed by atoms with E-state index in [4.69, 9.17) is 9.47 Å². The van der Waals surface area contributed by atoms with Gasteiger partial charge in [-0.05, 0) is 29.5 Å². The number of benzene rings is 1. The summed E-state index contributed by atoms with van der Waals surface area (Å²) in [6, 6.07) is 4.13. The van der Waals surface area contributed by atoms with Crippen molar-refractivity contribution in [2.75, 3.05) is 13.2 Å². The fourth-order valence-electron chi connectivity index (χ4n) is 2.03. The Labute approximate surface area is 132 Å². The third-order valence-electron chi connectivity index (χ3n) is 3.68. The van der Waals surface area contributed by atoms with E-state index in [-0.39, 0.29) is 0 Å². The van der Waals surface area contributed by atoms with Crippen LogP contribution in [0.2, 0.25) is 0 Å². The molecule has 2 nitrogen and oxygen atoms in total. The van der Waals surface area contributed by atoms with Gasteiger partial charge in [0.15, 0.2) is 11.5 Å². The first-order valence-electron chi connectivity index (χ1n) is 6.73. The largest absolute Gasteiger partial charge is 0.490 e. The number of hydrogen-bond donors (Lipinski definition) is 0. The van der Waals surface area contributed by atoms with Crippen LogP contribution in [0.3, 0.4) is 0 Å². The Morgan fingerprint density at radius 3 is 2.21 bits per heavy atom. The smallest absolute Gasteiger partial charge is 0.162 e. The van der Waals surface area contributed by atoms with E-state index in [9.17, 15) is 0 Å². The van der Waals surface area contributed by atoms with E-state index in [2.05, 4.69) is 58.7 Å². The van der Waals surface area contributed by atoms with Crippen molar-refractivity contribution >= 4 is 31.9 Å². The minimum atomic E-state index is 0.305. The van der Waals surface area contributed by atoms with Crippen molar-refractivity contribution in [1.29, 1.82) is 0 Å². The Bertz CT molecular complexity index is 446. The van der Waals surface area contributed by atoms with Gasteiger partial charge < -0.3 is 9.47 Å². The molecule has 0 saturated heterocycles. The van der Waals surface area contributed by atoms with Crippen LogP contribution in [0.25, 0.3) is 0 Å². The summed E-state index contributed by atoms with van der Waals surface area (Å²) in [6.45, 7) is 8.20. The van der Waals surface area contributed by atoms with E-state index >= 15 is 0 Å². The van der Waals surface area contributed by atoms with Crippen molar-refractivity contribution in [2.24, 2.45) is 11.8 Å². The lowest BCUT2D eigenvalue weighted by atomic mass is 9.91. The second-order valence-corrected chi connectivity index (χ2v) is 7.22. The topological polar surface area (TPSA) is 18.5 Å². The predicted octanol–water partition coefficient (Wildman–Crippen LogP) is 5.34. The Hall–Kier alpha value is -0.220. The molecule has 1 aliphatic heterocycles. The summed E-state index contributed by atoms with van der Waals surface area (Å²) in [5.74, 6) is 2.86. The molecule has 0 N–H and O–H groups in total. The van der Waals surface area contributed by atoms with Crippen LogP contribution >= 0.6 is 31.9 Å². The fourth-order valence-corrected chi connectivity index (χ4v) is 3.90. The highest BCUT2D eigenvalue weighted by molar-refractivity contribution is 9.11. The molecule has 0 aromatic heterocycles. The average Bonchev–Trinajstić information content (AvgIpc) is 2.60. The Morgan fingerprint density at radius 1 is 1.05 bits per heavy atom. The van der Waals surface area contributed by atoms with Gasteiger partial charge in [-0.15, -0.1) is 0 Å². The zero-order valence-electron chi connectivity index (χ0n) is 11.6. The monoisotopic (exact) mass is 390 g/mol. The molecule has 1 heterocycles. The van der Waals surface area contributed by atoms with Crippen LogP contribution in [0.15, 0.2) is 16.6 Å². The summed E-state index contributed by atoms with van der Waals surface area (Å²) < 4.78 is 12.5. The molecule has 0 spiro atoms. The number of ether oxygens (including phenoxy) is 2. The van der Waals surface area contributed by atoms with Gasteiger partial charge in [0, 0.05) is 15.7 Å². The summed E-state index contributed by atoms with van der Waals surface area (Å²) in [4.78, 5) is 0.305. The quantitative estimate of drug-likeness (QED) is 0.647. The van der Waals surface area contributed by atoms with Crippen LogP contribution in [-0.4, -0.2) is 13.2 Å². The summed E-state index contributed by atoms with van der Waals surface area (Å²) in [5.41, 5.74) is 1.23. The van der Waals surface area contributed by atoms with E-state index in [1.165, 1.54) is 5.56 Å². The summed E-state index contributed by atoms with van der Waals surface area (Å²) >= 11 is 7.48. The minimum Gasteiger partial charge on any atom is -0.490 e. The van der Waals surface area contributed by atoms with Crippen molar-refractivity contribution in [3.63, 3.8) is 0 Å². The average molecular weight is 392 g/mol.